The molecule has 0 saturated carbocycles. The Balaban J connectivity index is 3.02. The first-order valence-corrected chi connectivity index (χ1v) is 11.8. The van der Waals surface area contributed by atoms with Crippen molar-refractivity contribution in [2.24, 2.45) is 0 Å². The summed E-state index contributed by atoms with van der Waals surface area (Å²) in [6.45, 7) is 5.92. The van der Waals surface area contributed by atoms with Crippen molar-refractivity contribution in [1.29, 1.82) is 0 Å². The summed E-state index contributed by atoms with van der Waals surface area (Å²) in [7, 11) is 0.00255. The molecule has 0 aliphatic carbocycles. The maximum Gasteiger partial charge on any atom is 0.423 e. The summed E-state index contributed by atoms with van der Waals surface area (Å²) in [5.41, 5.74) is -3.18. The number of hydrogen-bond acceptors (Lipinski definition) is 6. The fourth-order valence-corrected chi connectivity index (χ4v) is 2.81. The van der Waals surface area contributed by atoms with E-state index in [2.05, 4.69) is 30.1 Å². The molecule has 11 heteroatoms. The number of methoxy groups -OCH3 is 1. The number of rotatable bonds is 10. The van der Waals surface area contributed by atoms with Crippen molar-refractivity contribution in [3.63, 3.8) is 0 Å². The molecule has 0 aromatic carbocycles. The number of ether oxygens (including phenoxy) is 2. The molecule has 7 nitrogen and oxygen atoms in total. The zero-order valence-electron chi connectivity index (χ0n) is 15.4. The van der Waals surface area contributed by atoms with Crippen molar-refractivity contribution < 1.29 is 27.8 Å². The van der Waals surface area contributed by atoms with Crippen LogP contribution in [0.3, 0.4) is 0 Å². The van der Waals surface area contributed by atoms with E-state index >= 15 is 0 Å². The van der Waals surface area contributed by atoms with Gasteiger partial charge in [-0.1, -0.05) is 19.6 Å². The van der Waals surface area contributed by atoms with Gasteiger partial charge in [0.1, 0.15) is 12.3 Å². The largest absolute Gasteiger partial charge is 0.423 e. The Bertz CT molecular complexity index is 632. The van der Waals surface area contributed by atoms with Crippen LogP contribution in [0.5, 0.6) is 0 Å². The van der Waals surface area contributed by atoms with E-state index in [4.69, 9.17) is 9.47 Å². The fourth-order valence-electron chi connectivity index (χ4n) is 2.05. The van der Waals surface area contributed by atoms with Gasteiger partial charge in [0.05, 0.1) is 31.1 Å². The molecule has 0 spiro atoms. The van der Waals surface area contributed by atoms with E-state index in [1.807, 2.05) is 0 Å². The lowest BCUT2D eigenvalue weighted by molar-refractivity contribution is -0.138. The third-order valence-corrected chi connectivity index (χ3v) is 5.19. The Hall–Kier alpha value is -1.43. The van der Waals surface area contributed by atoms with Gasteiger partial charge >= 0.3 is 6.18 Å². The smallest absolute Gasteiger partial charge is 0.394 e. The van der Waals surface area contributed by atoms with Crippen LogP contribution < -0.4 is 10.9 Å². The molecule has 0 amide bonds. The Morgan fingerprint density at radius 3 is 2.54 bits per heavy atom. The molecule has 0 saturated heterocycles. The Morgan fingerprint density at radius 1 is 1.38 bits per heavy atom. The molecular formula is C15H26F3N3O4Si. The molecule has 1 aromatic rings. The Labute approximate surface area is 151 Å². The first-order chi connectivity index (χ1) is 12.0. The van der Waals surface area contributed by atoms with Crippen LogP contribution in [0.2, 0.25) is 25.7 Å². The molecule has 0 aliphatic rings. The quantitative estimate of drug-likeness (QED) is 0.464. The highest BCUT2D eigenvalue weighted by Gasteiger charge is 2.38. The minimum atomic E-state index is -4.88. The Kier molecular flexibility index (Phi) is 8.25. The second-order valence-electron chi connectivity index (χ2n) is 7.06. The number of aliphatic hydroxyl groups is 1. The van der Waals surface area contributed by atoms with Gasteiger partial charge in [-0.2, -0.15) is 18.3 Å². The molecule has 26 heavy (non-hydrogen) atoms. The van der Waals surface area contributed by atoms with Crippen molar-refractivity contribution >= 4 is 13.8 Å². The minimum absolute atomic E-state index is 0.0311. The molecule has 2 N–H and O–H groups in total. The molecule has 150 valence electrons. The number of anilines is 1. The highest BCUT2D eigenvalue weighted by atomic mass is 28.3. The van der Waals surface area contributed by atoms with Crippen LogP contribution >= 0.6 is 0 Å². The van der Waals surface area contributed by atoms with E-state index in [1.165, 1.54) is 7.11 Å². The lowest BCUT2D eigenvalue weighted by Gasteiger charge is -2.20. The average Bonchev–Trinajstić information content (AvgIpc) is 2.50. The first-order valence-electron chi connectivity index (χ1n) is 8.11. The third kappa shape index (κ3) is 7.06. The van der Waals surface area contributed by atoms with E-state index < -0.39 is 43.7 Å². The maximum absolute atomic E-state index is 13.4. The predicted molar refractivity (Wildman–Crippen MR) is 94.0 cm³/mol. The topological polar surface area (TPSA) is 85.6 Å². The standard InChI is InChI=1S/C15H26F3N3O4Si/c1-24-9-11(8-22)20-12-7-19-21(10-25-5-6-26(2,3)4)14(23)13(12)15(16,17)18/h7,11,20,22H,5-6,8-10H2,1-4H3. The van der Waals surface area contributed by atoms with E-state index in [1.54, 1.807) is 0 Å². The number of halogens is 3. The molecule has 1 aromatic heterocycles. The summed E-state index contributed by atoms with van der Waals surface area (Å²) < 4.78 is 50.9. The van der Waals surface area contributed by atoms with Crippen LogP contribution in [0.4, 0.5) is 18.9 Å². The van der Waals surface area contributed by atoms with E-state index in [9.17, 15) is 23.1 Å². The summed E-state index contributed by atoms with van der Waals surface area (Å²) in [5, 5.41) is 15.4. The molecule has 1 atom stereocenters. The number of nitrogens with one attached hydrogen (secondary N) is 1. The zero-order chi connectivity index (χ0) is 20.0. The molecule has 0 aliphatic heterocycles. The van der Waals surface area contributed by atoms with E-state index in [0.717, 1.165) is 12.2 Å². The van der Waals surface area contributed by atoms with Gasteiger partial charge in [-0.3, -0.25) is 4.79 Å². The van der Waals surface area contributed by atoms with Gasteiger partial charge in [0.2, 0.25) is 0 Å². The molecule has 1 heterocycles. The highest BCUT2D eigenvalue weighted by Crippen LogP contribution is 2.31. The summed E-state index contributed by atoms with van der Waals surface area (Å²) in [4.78, 5) is 12.2. The Morgan fingerprint density at radius 2 is 2.04 bits per heavy atom. The SMILES string of the molecule is COCC(CO)Nc1cnn(COCC[Si](C)(C)C)c(=O)c1C(F)(F)F. The fraction of sp³-hybridized carbons (Fsp3) is 0.733. The summed E-state index contributed by atoms with van der Waals surface area (Å²) in [6, 6.07) is 0.0223. The lowest BCUT2D eigenvalue weighted by atomic mass is 10.2. The number of nitrogens with zero attached hydrogens (tertiary/aromatic N) is 2. The van der Waals surface area contributed by atoms with Gasteiger partial charge < -0.3 is 19.9 Å². The van der Waals surface area contributed by atoms with Crippen molar-refractivity contribution in [1.82, 2.24) is 9.78 Å². The van der Waals surface area contributed by atoms with Crippen molar-refractivity contribution in [2.45, 2.75) is 44.6 Å². The number of aromatic nitrogens is 2. The number of alkyl halides is 3. The first kappa shape index (κ1) is 22.6. The summed E-state index contributed by atoms with van der Waals surface area (Å²) in [6.07, 6.45) is -3.97. The lowest BCUT2D eigenvalue weighted by Crippen LogP contribution is -2.36. The van der Waals surface area contributed by atoms with Crippen LogP contribution in [0.1, 0.15) is 5.56 Å². The number of hydrogen-bond donors (Lipinski definition) is 2. The molecular weight excluding hydrogens is 371 g/mol. The molecule has 0 bridgehead atoms. The van der Waals surface area contributed by atoms with Gasteiger partial charge in [0.25, 0.3) is 5.56 Å². The summed E-state index contributed by atoms with van der Waals surface area (Å²) >= 11 is 0. The molecule has 0 fully saturated rings. The normalized spacial score (nSPS) is 13.7. The van der Waals surface area contributed by atoms with Crippen LogP contribution in [0.15, 0.2) is 11.0 Å². The monoisotopic (exact) mass is 397 g/mol. The molecule has 0 radical (unpaired) electrons. The second-order valence-corrected chi connectivity index (χ2v) is 12.7. The van der Waals surface area contributed by atoms with Gasteiger partial charge in [0, 0.05) is 21.8 Å². The van der Waals surface area contributed by atoms with Crippen molar-refractivity contribution in [2.75, 3.05) is 32.2 Å². The van der Waals surface area contributed by atoms with Crippen LogP contribution in [0, 0.1) is 0 Å². The minimum Gasteiger partial charge on any atom is -0.394 e. The predicted octanol–water partition coefficient (Wildman–Crippen LogP) is 1.99. The van der Waals surface area contributed by atoms with Gasteiger partial charge in [0.15, 0.2) is 0 Å². The molecule has 1 unspecified atom stereocenters. The second kappa shape index (κ2) is 9.49. The average molecular weight is 397 g/mol. The van der Waals surface area contributed by atoms with Crippen molar-refractivity contribution in [3.05, 3.63) is 22.1 Å². The van der Waals surface area contributed by atoms with E-state index in [-0.39, 0.29) is 13.3 Å². The highest BCUT2D eigenvalue weighted by molar-refractivity contribution is 6.76. The van der Waals surface area contributed by atoms with Crippen molar-refractivity contribution in [3.8, 4) is 0 Å². The maximum atomic E-state index is 13.4. The summed E-state index contributed by atoms with van der Waals surface area (Å²) in [5.74, 6) is 0. The van der Waals surface area contributed by atoms with Gasteiger partial charge in [-0.15, -0.1) is 0 Å². The van der Waals surface area contributed by atoms with Gasteiger partial charge in [-0.05, 0) is 6.04 Å². The third-order valence-electron chi connectivity index (χ3n) is 3.49. The number of aliphatic hydroxyl groups excluding tert-OH is 1. The molecule has 1 rings (SSSR count). The van der Waals surface area contributed by atoms with E-state index in [0.29, 0.717) is 11.3 Å². The van der Waals surface area contributed by atoms with Crippen LogP contribution in [0.25, 0.3) is 0 Å². The van der Waals surface area contributed by atoms with Gasteiger partial charge in [-0.25, -0.2) is 4.68 Å². The zero-order valence-corrected chi connectivity index (χ0v) is 16.4. The van der Waals surface area contributed by atoms with Crippen LogP contribution in [-0.4, -0.2) is 55.9 Å². The van der Waals surface area contributed by atoms with Crippen LogP contribution in [-0.2, 0) is 22.4 Å².